The van der Waals surface area contributed by atoms with Crippen molar-refractivity contribution in [3.63, 3.8) is 0 Å². The van der Waals surface area contributed by atoms with Crippen molar-refractivity contribution in [1.82, 2.24) is 5.32 Å². The molecule has 3 N–H and O–H groups in total. The van der Waals surface area contributed by atoms with Gasteiger partial charge < -0.3 is 10.1 Å². The van der Waals surface area contributed by atoms with Gasteiger partial charge in [-0.3, -0.25) is 4.79 Å². The monoisotopic (exact) mass is 350 g/mol. The summed E-state index contributed by atoms with van der Waals surface area (Å²) < 4.78 is 28.0. The van der Waals surface area contributed by atoms with E-state index in [-0.39, 0.29) is 16.4 Å². The first-order valence-electron chi connectivity index (χ1n) is 5.37. The second kappa shape index (κ2) is 6.47. The van der Waals surface area contributed by atoms with E-state index in [4.69, 9.17) is 9.88 Å². The second-order valence-corrected chi connectivity index (χ2v) is 6.29. The Hall–Kier alpha value is -0.960. The van der Waals surface area contributed by atoms with Crippen molar-refractivity contribution in [1.29, 1.82) is 0 Å². The van der Waals surface area contributed by atoms with E-state index < -0.39 is 10.0 Å². The summed E-state index contributed by atoms with van der Waals surface area (Å²) in [7, 11) is -2.33. The lowest BCUT2D eigenvalue weighted by molar-refractivity contribution is 0.0936. The van der Waals surface area contributed by atoms with Gasteiger partial charge in [-0.25, -0.2) is 13.6 Å². The molecule has 1 rings (SSSR count). The minimum absolute atomic E-state index is 0.109. The van der Waals surface area contributed by atoms with Gasteiger partial charge in [0.1, 0.15) is 0 Å². The number of rotatable bonds is 5. The predicted octanol–water partition coefficient (Wildman–Crippen LogP) is 0.781. The Balaban J connectivity index is 3.13. The van der Waals surface area contributed by atoms with Crippen LogP contribution in [-0.4, -0.2) is 34.6 Å². The highest BCUT2D eigenvalue weighted by Crippen LogP contribution is 2.24. The summed E-state index contributed by atoms with van der Waals surface area (Å²) in [5.41, 5.74) is 0.900. The van der Waals surface area contributed by atoms with Gasteiger partial charge in [0.15, 0.2) is 0 Å². The van der Waals surface area contributed by atoms with E-state index in [0.717, 1.165) is 0 Å². The standard InChI is InChI=1S/C11H15BrN2O4S/c1-7-9(11(15)14-3-4-18-2)5-8(6-10(7)12)19(13,16)17/h5-6H,3-4H2,1-2H3,(H,14,15)(H2,13,16,17). The lowest BCUT2D eigenvalue weighted by atomic mass is 10.1. The van der Waals surface area contributed by atoms with Crippen LogP contribution < -0.4 is 10.5 Å². The van der Waals surface area contributed by atoms with Crippen LogP contribution in [0.3, 0.4) is 0 Å². The number of nitrogens with one attached hydrogen (secondary N) is 1. The molecule has 0 heterocycles. The van der Waals surface area contributed by atoms with Gasteiger partial charge in [0.05, 0.1) is 11.5 Å². The molecule has 1 aromatic carbocycles. The highest BCUT2D eigenvalue weighted by atomic mass is 79.9. The molecule has 1 aromatic rings. The average Bonchev–Trinajstić information content (AvgIpc) is 2.31. The summed E-state index contributed by atoms with van der Waals surface area (Å²) in [5.74, 6) is -0.374. The van der Waals surface area contributed by atoms with Gasteiger partial charge in [-0.15, -0.1) is 0 Å². The SMILES string of the molecule is COCCNC(=O)c1cc(S(N)(=O)=O)cc(Br)c1C. The number of ether oxygens (including phenoxy) is 1. The number of benzene rings is 1. The van der Waals surface area contributed by atoms with Crippen LogP contribution in [0.25, 0.3) is 0 Å². The Morgan fingerprint density at radius 1 is 1.47 bits per heavy atom. The van der Waals surface area contributed by atoms with Crippen LogP contribution in [0.5, 0.6) is 0 Å². The van der Waals surface area contributed by atoms with Crippen LogP contribution in [0.15, 0.2) is 21.5 Å². The second-order valence-electron chi connectivity index (χ2n) is 3.87. The van der Waals surface area contributed by atoms with Crippen LogP contribution in [0.4, 0.5) is 0 Å². The van der Waals surface area contributed by atoms with Crippen molar-refractivity contribution in [2.75, 3.05) is 20.3 Å². The zero-order valence-electron chi connectivity index (χ0n) is 10.6. The molecule has 19 heavy (non-hydrogen) atoms. The first-order valence-corrected chi connectivity index (χ1v) is 7.71. The largest absolute Gasteiger partial charge is 0.383 e. The van der Waals surface area contributed by atoms with Gasteiger partial charge in [-0.2, -0.15) is 0 Å². The maximum absolute atomic E-state index is 11.9. The van der Waals surface area contributed by atoms with E-state index >= 15 is 0 Å². The number of halogens is 1. The molecule has 0 aromatic heterocycles. The molecule has 8 heteroatoms. The number of carbonyl (C=O) groups excluding carboxylic acids is 1. The molecule has 106 valence electrons. The number of sulfonamides is 1. The maximum atomic E-state index is 11.9. The highest BCUT2D eigenvalue weighted by Gasteiger charge is 2.17. The number of nitrogens with two attached hydrogens (primary N) is 1. The summed E-state index contributed by atoms with van der Waals surface area (Å²) in [6.45, 7) is 2.43. The number of primary sulfonamides is 1. The molecular weight excluding hydrogens is 336 g/mol. The molecule has 1 amide bonds. The number of hydrogen-bond acceptors (Lipinski definition) is 4. The molecule has 0 spiro atoms. The molecule has 6 nitrogen and oxygen atoms in total. The molecule has 0 saturated heterocycles. The Morgan fingerprint density at radius 2 is 2.11 bits per heavy atom. The fraction of sp³-hybridized carbons (Fsp3) is 0.364. The Kier molecular flexibility index (Phi) is 5.48. The Bertz CT molecular complexity index is 587. The minimum atomic E-state index is -3.86. The molecular formula is C11H15BrN2O4S. The number of amides is 1. The van der Waals surface area contributed by atoms with Crippen LogP contribution >= 0.6 is 15.9 Å². The molecule has 0 aliphatic carbocycles. The van der Waals surface area contributed by atoms with Crippen molar-refractivity contribution in [2.45, 2.75) is 11.8 Å². The number of carbonyl (C=O) groups is 1. The van der Waals surface area contributed by atoms with Gasteiger partial charge in [0.2, 0.25) is 10.0 Å². The zero-order chi connectivity index (χ0) is 14.6. The van der Waals surface area contributed by atoms with Crippen molar-refractivity contribution < 1.29 is 17.9 Å². The molecule has 0 unspecified atom stereocenters. The third kappa shape index (κ3) is 4.27. The highest BCUT2D eigenvalue weighted by molar-refractivity contribution is 9.10. The topological polar surface area (TPSA) is 98.5 Å². The van der Waals surface area contributed by atoms with Crippen LogP contribution in [-0.2, 0) is 14.8 Å². The lowest BCUT2D eigenvalue weighted by Crippen LogP contribution is -2.28. The summed E-state index contributed by atoms with van der Waals surface area (Å²) in [6.07, 6.45) is 0. The zero-order valence-corrected chi connectivity index (χ0v) is 13.0. The summed E-state index contributed by atoms with van der Waals surface area (Å²) >= 11 is 3.21. The third-order valence-electron chi connectivity index (χ3n) is 2.48. The van der Waals surface area contributed by atoms with Crippen molar-refractivity contribution in [3.8, 4) is 0 Å². The quantitative estimate of drug-likeness (QED) is 0.766. The van der Waals surface area contributed by atoms with Gasteiger partial charge in [-0.1, -0.05) is 15.9 Å². The third-order valence-corrected chi connectivity index (χ3v) is 4.20. The minimum Gasteiger partial charge on any atom is -0.383 e. The fourth-order valence-electron chi connectivity index (χ4n) is 1.42. The lowest BCUT2D eigenvalue weighted by Gasteiger charge is -2.10. The molecule has 0 fully saturated rings. The van der Waals surface area contributed by atoms with E-state index in [1.165, 1.54) is 19.2 Å². The first kappa shape index (κ1) is 16.1. The van der Waals surface area contributed by atoms with E-state index in [1.807, 2.05) is 0 Å². The molecule has 0 aliphatic rings. The average molecular weight is 351 g/mol. The normalized spacial score (nSPS) is 11.4. The van der Waals surface area contributed by atoms with Gasteiger partial charge >= 0.3 is 0 Å². The predicted molar refractivity (Wildman–Crippen MR) is 74.5 cm³/mol. The number of methoxy groups -OCH3 is 1. The number of hydrogen-bond donors (Lipinski definition) is 2. The Morgan fingerprint density at radius 3 is 2.63 bits per heavy atom. The fourth-order valence-corrected chi connectivity index (χ4v) is 2.59. The molecule has 0 bridgehead atoms. The van der Waals surface area contributed by atoms with Crippen LogP contribution in [0.2, 0.25) is 0 Å². The van der Waals surface area contributed by atoms with Gasteiger partial charge in [0.25, 0.3) is 5.91 Å². The van der Waals surface area contributed by atoms with E-state index in [0.29, 0.717) is 23.2 Å². The smallest absolute Gasteiger partial charge is 0.251 e. The van der Waals surface area contributed by atoms with E-state index in [1.54, 1.807) is 6.92 Å². The molecule has 0 atom stereocenters. The maximum Gasteiger partial charge on any atom is 0.251 e. The van der Waals surface area contributed by atoms with Crippen molar-refractivity contribution in [3.05, 3.63) is 27.7 Å². The molecule has 0 radical (unpaired) electrons. The van der Waals surface area contributed by atoms with Crippen molar-refractivity contribution >= 4 is 31.9 Å². The Labute approximate surface area is 120 Å². The van der Waals surface area contributed by atoms with E-state index in [2.05, 4.69) is 21.2 Å². The first-order chi connectivity index (χ1) is 8.77. The molecule has 0 saturated carbocycles. The van der Waals surface area contributed by atoms with Crippen molar-refractivity contribution in [2.24, 2.45) is 5.14 Å². The van der Waals surface area contributed by atoms with E-state index in [9.17, 15) is 13.2 Å². The molecule has 0 aliphatic heterocycles. The summed E-state index contributed by atoms with van der Waals surface area (Å²) in [5, 5.41) is 7.69. The summed E-state index contributed by atoms with van der Waals surface area (Å²) in [6, 6.07) is 2.63. The van der Waals surface area contributed by atoms with Crippen LogP contribution in [0.1, 0.15) is 15.9 Å². The summed E-state index contributed by atoms with van der Waals surface area (Å²) in [4.78, 5) is 11.8. The van der Waals surface area contributed by atoms with Crippen LogP contribution in [0, 0.1) is 6.92 Å². The van der Waals surface area contributed by atoms with Gasteiger partial charge in [0, 0.05) is 23.7 Å². The van der Waals surface area contributed by atoms with Gasteiger partial charge in [-0.05, 0) is 24.6 Å².